The number of benzene rings is 1. The maximum atomic E-state index is 6.18. The average Bonchev–Trinajstić information content (AvgIpc) is 2.58. The molecule has 2 rings (SSSR count). The van der Waals surface area contributed by atoms with E-state index >= 15 is 0 Å². The van der Waals surface area contributed by atoms with E-state index in [0.717, 1.165) is 23.6 Å². The number of aryl methyl sites for hydroxylation is 2. The number of nitrogen functional groups attached to an aromatic ring is 1. The molecule has 0 fully saturated rings. The fraction of sp³-hybridized carbons (Fsp3) is 0.400. The molecule has 0 atom stereocenters. The van der Waals surface area contributed by atoms with Crippen LogP contribution in [0.25, 0.3) is 11.3 Å². The minimum Gasteiger partial charge on any atom is -0.383 e. The maximum Gasteiger partial charge on any atom is 0.131 e. The molecule has 1 heterocycles. The molecule has 0 aliphatic heterocycles. The monoisotopic (exact) mass is 243 g/mol. The van der Waals surface area contributed by atoms with Crippen LogP contribution >= 0.6 is 0 Å². The van der Waals surface area contributed by atoms with Crippen LogP contribution < -0.4 is 5.73 Å². The molecule has 0 radical (unpaired) electrons. The number of imidazole rings is 1. The molecule has 2 aromatic rings. The lowest BCUT2D eigenvalue weighted by Crippen LogP contribution is -2.06. The maximum absolute atomic E-state index is 6.18. The van der Waals surface area contributed by atoms with Gasteiger partial charge in [-0.3, -0.25) is 0 Å². The highest BCUT2D eigenvalue weighted by Gasteiger charge is 2.11. The summed E-state index contributed by atoms with van der Waals surface area (Å²) in [6.45, 7) is 9.45. The normalized spacial score (nSPS) is 11.2. The number of rotatable bonds is 3. The van der Waals surface area contributed by atoms with Crippen LogP contribution in [0.1, 0.15) is 25.0 Å². The molecular formula is C15H21N3. The van der Waals surface area contributed by atoms with Crippen LogP contribution in [0.4, 0.5) is 5.82 Å². The third-order valence-corrected chi connectivity index (χ3v) is 2.94. The van der Waals surface area contributed by atoms with Crippen molar-refractivity contribution in [2.75, 3.05) is 5.73 Å². The molecule has 0 aliphatic carbocycles. The van der Waals surface area contributed by atoms with E-state index < -0.39 is 0 Å². The number of hydrogen-bond donors (Lipinski definition) is 1. The second kappa shape index (κ2) is 4.84. The summed E-state index contributed by atoms with van der Waals surface area (Å²) in [6, 6.07) is 6.42. The van der Waals surface area contributed by atoms with Crippen molar-refractivity contribution in [1.82, 2.24) is 9.55 Å². The second-order valence-corrected chi connectivity index (χ2v) is 5.40. The van der Waals surface area contributed by atoms with Gasteiger partial charge in [0.1, 0.15) is 11.5 Å². The van der Waals surface area contributed by atoms with Crippen molar-refractivity contribution in [3.8, 4) is 11.3 Å². The van der Waals surface area contributed by atoms with E-state index in [1.54, 1.807) is 0 Å². The Balaban J connectivity index is 2.42. The average molecular weight is 243 g/mol. The van der Waals surface area contributed by atoms with Gasteiger partial charge in [-0.25, -0.2) is 4.98 Å². The third kappa shape index (κ3) is 2.55. The lowest BCUT2D eigenvalue weighted by atomic mass is 10.1. The predicted molar refractivity (Wildman–Crippen MR) is 76.4 cm³/mol. The molecule has 0 saturated heterocycles. The number of aromatic nitrogens is 2. The lowest BCUT2D eigenvalue weighted by molar-refractivity contribution is 0.527. The highest BCUT2D eigenvalue weighted by molar-refractivity contribution is 5.71. The quantitative estimate of drug-likeness (QED) is 0.897. The van der Waals surface area contributed by atoms with Crippen molar-refractivity contribution in [1.29, 1.82) is 0 Å². The number of nitrogens with zero attached hydrogens (tertiary/aromatic N) is 2. The number of nitrogens with two attached hydrogens (primary N) is 1. The third-order valence-electron chi connectivity index (χ3n) is 2.94. The molecule has 0 spiro atoms. The summed E-state index contributed by atoms with van der Waals surface area (Å²) in [4.78, 5) is 4.46. The first-order valence-electron chi connectivity index (χ1n) is 6.36. The SMILES string of the molecule is Cc1cc(C)cc(-c2ncn(CC(C)C)c2N)c1. The Morgan fingerprint density at radius 2 is 1.78 bits per heavy atom. The van der Waals surface area contributed by atoms with E-state index in [0.29, 0.717) is 5.92 Å². The van der Waals surface area contributed by atoms with Gasteiger partial charge in [0, 0.05) is 12.1 Å². The molecule has 1 aromatic carbocycles. The topological polar surface area (TPSA) is 43.8 Å². The Morgan fingerprint density at radius 3 is 2.33 bits per heavy atom. The molecule has 18 heavy (non-hydrogen) atoms. The summed E-state index contributed by atoms with van der Waals surface area (Å²) in [5.41, 5.74) is 10.7. The van der Waals surface area contributed by atoms with Crippen LogP contribution in [-0.2, 0) is 6.54 Å². The highest BCUT2D eigenvalue weighted by atomic mass is 15.1. The van der Waals surface area contributed by atoms with Crippen LogP contribution in [0.2, 0.25) is 0 Å². The molecule has 3 heteroatoms. The predicted octanol–water partition coefficient (Wildman–Crippen LogP) is 3.41. The Bertz CT molecular complexity index is 533. The first-order valence-corrected chi connectivity index (χ1v) is 6.36. The first kappa shape index (κ1) is 12.7. The van der Waals surface area contributed by atoms with Gasteiger partial charge in [-0.2, -0.15) is 0 Å². The molecule has 0 amide bonds. The van der Waals surface area contributed by atoms with Crippen LogP contribution in [0.5, 0.6) is 0 Å². The fourth-order valence-corrected chi connectivity index (χ4v) is 2.26. The Morgan fingerprint density at radius 1 is 1.17 bits per heavy atom. The summed E-state index contributed by atoms with van der Waals surface area (Å²) in [7, 11) is 0. The lowest BCUT2D eigenvalue weighted by Gasteiger charge is -2.09. The minimum absolute atomic E-state index is 0.564. The fourth-order valence-electron chi connectivity index (χ4n) is 2.26. The smallest absolute Gasteiger partial charge is 0.131 e. The van der Waals surface area contributed by atoms with E-state index in [2.05, 4.69) is 50.9 Å². The molecule has 3 nitrogen and oxygen atoms in total. The van der Waals surface area contributed by atoms with Crippen molar-refractivity contribution in [2.24, 2.45) is 5.92 Å². The van der Waals surface area contributed by atoms with Crippen LogP contribution in [0, 0.1) is 19.8 Å². The molecule has 0 aliphatic rings. The van der Waals surface area contributed by atoms with Gasteiger partial charge in [-0.15, -0.1) is 0 Å². The van der Waals surface area contributed by atoms with Crippen molar-refractivity contribution in [3.05, 3.63) is 35.7 Å². The zero-order valence-corrected chi connectivity index (χ0v) is 11.6. The number of hydrogen-bond acceptors (Lipinski definition) is 2. The van der Waals surface area contributed by atoms with Gasteiger partial charge in [0.2, 0.25) is 0 Å². The van der Waals surface area contributed by atoms with Crippen molar-refractivity contribution < 1.29 is 0 Å². The zero-order chi connectivity index (χ0) is 13.3. The zero-order valence-electron chi connectivity index (χ0n) is 11.6. The van der Waals surface area contributed by atoms with Gasteiger partial charge >= 0.3 is 0 Å². The molecular weight excluding hydrogens is 222 g/mol. The largest absolute Gasteiger partial charge is 0.383 e. The molecule has 1 aromatic heterocycles. The number of anilines is 1. The molecule has 0 saturated carbocycles. The van der Waals surface area contributed by atoms with Crippen LogP contribution in [-0.4, -0.2) is 9.55 Å². The van der Waals surface area contributed by atoms with E-state index in [1.165, 1.54) is 11.1 Å². The van der Waals surface area contributed by atoms with E-state index in [1.807, 2.05) is 10.9 Å². The van der Waals surface area contributed by atoms with E-state index in [-0.39, 0.29) is 0 Å². The van der Waals surface area contributed by atoms with Crippen LogP contribution in [0.15, 0.2) is 24.5 Å². The Kier molecular flexibility index (Phi) is 3.41. The standard InChI is InChI=1S/C15H21N3/c1-10(2)8-18-9-17-14(15(18)16)13-6-11(3)5-12(4)7-13/h5-7,9-10H,8,16H2,1-4H3. The Labute approximate surface area is 109 Å². The van der Waals surface area contributed by atoms with Gasteiger partial charge in [0.05, 0.1) is 6.33 Å². The second-order valence-electron chi connectivity index (χ2n) is 5.40. The van der Waals surface area contributed by atoms with Gasteiger partial charge in [0.25, 0.3) is 0 Å². The molecule has 2 N–H and O–H groups in total. The van der Waals surface area contributed by atoms with Gasteiger partial charge in [-0.1, -0.05) is 31.0 Å². The molecule has 0 unspecified atom stereocenters. The van der Waals surface area contributed by atoms with Gasteiger partial charge in [-0.05, 0) is 31.9 Å². The highest BCUT2D eigenvalue weighted by Crippen LogP contribution is 2.26. The minimum atomic E-state index is 0.564. The summed E-state index contributed by atoms with van der Waals surface area (Å²) in [6.07, 6.45) is 1.84. The molecule has 96 valence electrons. The Hall–Kier alpha value is -1.77. The van der Waals surface area contributed by atoms with Crippen LogP contribution in [0.3, 0.4) is 0 Å². The van der Waals surface area contributed by atoms with E-state index in [9.17, 15) is 0 Å². The summed E-state index contributed by atoms with van der Waals surface area (Å²) >= 11 is 0. The summed E-state index contributed by atoms with van der Waals surface area (Å²) in [5.74, 6) is 1.32. The van der Waals surface area contributed by atoms with Gasteiger partial charge in [0.15, 0.2) is 0 Å². The van der Waals surface area contributed by atoms with E-state index in [4.69, 9.17) is 5.73 Å². The first-order chi connectivity index (χ1) is 8.47. The van der Waals surface area contributed by atoms with Crippen molar-refractivity contribution >= 4 is 5.82 Å². The summed E-state index contributed by atoms with van der Waals surface area (Å²) < 4.78 is 2.03. The van der Waals surface area contributed by atoms with Crippen molar-refractivity contribution in [3.63, 3.8) is 0 Å². The van der Waals surface area contributed by atoms with Gasteiger partial charge < -0.3 is 10.3 Å². The summed E-state index contributed by atoms with van der Waals surface area (Å²) in [5, 5.41) is 0. The molecule has 0 bridgehead atoms. The van der Waals surface area contributed by atoms with Crippen molar-refractivity contribution in [2.45, 2.75) is 34.2 Å².